The van der Waals surface area contributed by atoms with Crippen LogP contribution in [0.25, 0.3) is 0 Å². The molecule has 1 heterocycles. The summed E-state index contributed by atoms with van der Waals surface area (Å²) in [5.74, 6) is 2.26. The summed E-state index contributed by atoms with van der Waals surface area (Å²) < 4.78 is 11.0. The Kier molecular flexibility index (Phi) is 7.24. The standard InChI is InChI=1S/C21H22ClN5O2/c1-3-12-29-18-7-5-6-16(13-18)24-21-26-19(22)25-20(27-21)23-14-15-8-10-17(11-9-15)28-4-2/h3,5-11,13H,1,4,12,14H2,2H3,(H2,23,24,25,26,27). The van der Waals surface area contributed by atoms with E-state index in [-0.39, 0.29) is 5.28 Å². The van der Waals surface area contributed by atoms with Gasteiger partial charge >= 0.3 is 0 Å². The van der Waals surface area contributed by atoms with Gasteiger partial charge in [-0.05, 0) is 48.4 Å². The SMILES string of the molecule is C=CCOc1cccc(Nc2nc(Cl)nc(NCc3ccc(OCC)cc3)n2)c1. The Morgan fingerprint density at radius 2 is 1.79 bits per heavy atom. The maximum Gasteiger partial charge on any atom is 0.233 e. The third kappa shape index (κ3) is 6.36. The summed E-state index contributed by atoms with van der Waals surface area (Å²) in [7, 11) is 0. The molecule has 29 heavy (non-hydrogen) atoms. The maximum absolute atomic E-state index is 6.06. The molecule has 7 nitrogen and oxygen atoms in total. The zero-order valence-electron chi connectivity index (χ0n) is 16.1. The monoisotopic (exact) mass is 411 g/mol. The van der Waals surface area contributed by atoms with E-state index in [9.17, 15) is 0 Å². The lowest BCUT2D eigenvalue weighted by Crippen LogP contribution is -2.07. The third-order valence-electron chi connectivity index (χ3n) is 3.75. The minimum absolute atomic E-state index is 0.0933. The van der Waals surface area contributed by atoms with Crippen molar-refractivity contribution in [2.75, 3.05) is 23.8 Å². The van der Waals surface area contributed by atoms with E-state index in [1.54, 1.807) is 6.08 Å². The van der Waals surface area contributed by atoms with E-state index >= 15 is 0 Å². The fourth-order valence-corrected chi connectivity index (χ4v) is 2.64. The molecule has 150 valence electrons. The molecule has 0 fully saturated rings. The van der Waals surface area contributed by atoms with Crippen LogP contribution in [0.3, 0.4) is 0 Å². The number of hydrogen-bond donors (Lipinski definition) is 2. The van der Waals surface area contributed by atoms with Crippen LogP contribution < -0.4 is 20.1 Å². The lowest BCUT2D eigenvalue weighted by Gasteiger charge is -2.10. The first-order valence-electron chi connectivity index (χ1n) is 9.14. The highest BCUT2D eigenvalue weighted by molar-refractivity contribution is 6.28. The largest absolute Gasteiger partial charge is 0.494 e. The zero-order chi connectivity index (χ0) is 20.5. The minimum Gasteiger partial charge on any atom is -0.494 e. The summed E-state index contributed by atoms with van der Waals surface area (Å²) in [5.41, 5.74) is 1.83. The van der Waals surface area contributed by atoms with Crippen molar-refractivity contribution in [3.63, 3.8) is 0 Å². The molecule has 0 saturated carbocycles. The number of hydrogen-bond acceptors (Lipinski definition) is 7. The van der Waals surface area contributed by atoms with Gasteiger partial charge in [-0.15, -0.1) is 0 Å². The number of aromatic nitrogens is 3. The number of rotatable bonds is 10. The van der Waals surface area contributed by atoms with Crippen molar-refractivity contribution in [1.82, 2.24) is 15.0 Å². The van der Waals surface area contributed by atoms with Crippen LogP contribution in [0.15, 0.2) is 61.2 Å². The molecule has 0 aliphatic heterocycles. The van der Waals surface area contributed by atoms with Crippen molar-refractivity contribution in [1.29, 1.82) is 0 Å². The van der Waals surface area contributed by atoms with E-state index in [1.807, 2.05) is 55.5 Å². The van der Waals surface area contributed by atoms with Gasteiger partial charge in [-0.25, -0.2) is 0 Å². The number of nitrogens with zero attached hydrogens (tertiary/aromatic N) is 3. The van der Waals surface area contributed by atoms with E-state index < -0.39 is 0 Å². The lowest BCUT2D eigenvalue weighted by atomic mass is 10.2. The average Bonchev–Trinajstić information content (AvgIpc) is 2.72. The van der Waals surface area contributed by atoms with Gasteiger partial charge in [-0.2, -0.15) is 15.0 Å². The normalized spacial score (nSPS) is 10.3. The minimum atomic E-state index is 0.0933. The van der Waals surface area contributed by atoms with E-state index in [0.29, 0.717) is 37.4 Å². The number of ether oxygens (including phenoxy) is 2. The molecule has 8 heteroatoms. The van der Waals surface area contributed by atoms with Gasteiger partial charge in [0.25, 0.3) is 0 Å². The highest BCUT2D eigenvalue weighted by Crippen LogP contribution is 2.21. The first-order valence-corrected chi connectivity index (χ1v) is 9.52. The Bertz CT molecular complexity index is 950. The molecule has 3 rings (SSSR count). The predicted molar refractivity (Wildman–Crippen MR) is 115 cm³/mol. The van der Waals surface area contributed by atoms with Crippen molar-refractivity contribution in [2.24, 2.45) is 0 Å². The Labute approximate surface area is 174 Å². The second kappa shape index (κ2) is 10.3. The fraction of sp³-hybridized carbons (Fsp3) is 0.190. The first-order chi connectivity index (χ1) is 14.2. The van der Waals surface area contributed by atoms with Crippen molar-refractivity contribution in [3.05, 3.63) is 72.0 Å². The third-order valence-corrected chi connectivity index (χ3v) is 3.92. The molecule has 0 atom stereocenters. The van der Waals surface area contributed by atoms with Crippen LogP contribution in [0.2, 0.25) is 5.28 Å². The highest BCUT2D eigenvalue weighted by atomic mass is 35.5. The lowest BCUT2D eigenvalue weighted by molar-refractivity contribution is 0.340. The maximum atomic E-state index is 6.06. The fourth-order valence-electron chi connectivity index (χ4n) is 2.48. The van der Waals surface area contributed by atoms with Crippen molar-refractivity contribution in [2.45, 2.75) is 13.5 Å². The molecular formula is C21H22ClN5O2. The zero-order valence-corrected chi connectivity index (χ0v) is 16.8. The molecule has 0 unspecified atom stereocenters. The van der Waals surface area contributed by atoms with Crippen molar-refractivity contribution in [3.8, 4) is 11.5 Å². The summed E-state index contributed by atoms with van der Waals surface area (Å²) in [6.45, 7) is 7.21. The number of nitrogens with one attached hydrogen (secondary N) is 2. The molecule has 0 saturated heterocycles. The van der Waals surface area contributed by atoms with Crippen molar-refractivity contribution < 1.29 is 9.47 Å². The molecular weight excluding hydrogens is 390 g/mol. The molecule has 0 radical (unpaired) electrons. The summed E-state index contributed by atoms with van der Waals surface area (Å²) in [6, 6.07) is 15.3. The highest BCUT2D eigenvalue weighted by Gasteiger charge is 2.07. The molecule has 2 aromatic carbocycles. The van der Waals surface area contributed by atoms with E-state index in [2.05, 4.69) is 32.2 Å². The molecule has 0 amide bonds. The molecule has 0 aliphatic carbocycles. The molecule has 3 aromatic rings. The second-order valence-electron chi connectivity index (χ2n) is 5.93. The van der Waals surface area contributed by atoms with Crippen LogP contribution >= 0.6 is 11.6 Å². The van der Waals surface area contributed by atoms with Gasteiger partial charge < -0.3 is 20.1 Å². The molecule has 0 aliphatic rings. The molecule has 0 bridgehead atoms. The number of anilines is 3. The number of benzene rings is 2. The summed E-state index contributed by atoms with van der Waals surface area (Å²) in [4.78, 5) is 12.6. The molecule has 1 aromatic heterocycles. The number of halogens is 1. The summed E-state index contributed by atoms with van der Waals surface area (Å²) >= 11 is 6.06. The quantitative estimate of drug-likeness (QED) is 0.462. The molecule has 2 N–H and O–H groups in total. The Morgan fingerprint density at radius 1 is 1.00 bits per heavy atom. The molecule has 0 spiro atoms. The smallest absolute Gasteiger partial charge is 0.233 e. The summed E-state index contributed by atoms with van der Waals surface area (Å²) in [6.07, 6.45) is 1.69. The van der Waals surface area contributed by atoms with E-state index in [4.69, 9.17) is 21.1 Å². The van der Waals surface area contributed by atoms with E-state index in [1.165, 1.54) is 0 Å². The van der Waals surface area contributed by atoms with Gasteiger partial charge in [-0.3, -0.25) is 0 Å². The Balaban J connectivity index is 1.65. The topological polar surface area (TPSA) is 81.2 Å². The van der Waals surface area contributed by atoms with Gasteiger partial charge in [0.2, 0.25) is 17.2 Å². The van der Waals surface area contributed by atoms with Gasteiger partial charge in [0.05, 0.1) is 6.61 Å². The van der Waals surface area contributed by atoms with Gasteiger partial charge in [-0.1, -0.05) is 30.9 Å². The van der Waals surface area contributed by atoms with Crippen LogP contribution in [0.5, 0.6) is 11.5 Å². The van der Waals surface area contributed by atoms with Gasteiger partial charge in [0, 0.05) is 18.3 Å². The van der Waals surface area contributed by atoms with Gasteiger partial charge in [0.1, 0.15) is 18.1 Å². The van der Waals surface area contributed by atoms with Crippen LogP contribution in [-0.4, -0.2) is 28.2 Å². The van der Waals surface area contributed by atoms with E-state index in [0.717, 1.165) is 17.0 Å². The van der Waals surface area contributed by atoms with Gasteiger partial charge in [0.15, 0.2) is 0 Å². The Morgan fingerprint density at radius 3 is 2.55 bits per heavy atom. The Hall–Kier alpha value is -3.32. The van der Waals surface area contributed by atoms with Crippen LogP contribution in [0, 0.1) is 0 Å². The van der Waals surface area contributed by atoms with Crippen LogP contribution in [0.4, 0.5) is 17.6 Å². The van der Waals surface area contributed by atoms with Crippen molar-refractivity contribution >= 4 is 29.2 Å². The predicted octanol–water partition coefficient (Wildman–Crippen LogP) is 4.84. The average molecular weight is 412 g/mol. The van der Waals surface area contributed by atoms with Crippen LogP contribution in [0.1, 0.15) is 12.5 Å². The second-order valence-corrected chi connectivity index (χ2v) is 6.27. The van der Waals surface area contributed by atoms with Crippen LogP contribution in [-0.2, 0) is 6.54 Å². The summed E-state index contributed by atoms with van der Waals surface area (Å²) in [5, 5.41) is 6.36. The first kappa shape index (κ1) is 20.4.